The molecule has 0 unspecified atom stereocenters. The smallest absolute Gasteiger partial charge is 0.225 e. The van der Waals surface area contributed by atoms with Crippen molar-refractivity contribution in [1.82, 2.24) is 9.80 Å². The summed E-state index contributed by atoms with van der Waals surface area (Å²) in [6.45, 7) is 12.6. The minimum atomic E-state index is 0.0222. The van der Waals surface area contributed by atoms with Crippen LogP contribution >= 0.6 is 11.6 Å². The molecular formula is C17H27ClN2O. The Bertz CT molecular complexity index is 427. The average molecular weight is 311 g/mol. The van der Waals surface area contributed by atoms with Crippen LogP contribution < -0.4 is 0 Å². The summed E-state index contributed by atoms with van der Waals surface area (Å²) in [5.41, 5.74) is 1.12. The molecule has 0 spiro atoms. The zero-order valence-corrected chi connectivity index (χ0v) is 14.4. The molecule has 1 rings (SSSR count). The fourth-order valence-electron chi connectivity index (χ4n) is 2.24. The van der Waals surface area contributed by atoms with Crippen molar-refractivity contribution in [2.45, 2.75) is 34.2 Å². The highest BCUT2D eigenvalue weighted by Crippen LogP contribution is 2.13. The van der Waals surface area contributed by atoms with Gasteiger partial charge in [0.2, 0.25) is 5.91 Å². The van der Waals surface area contributed by atoms with Gasteiger partial charge in [0.05, 0.1) is 0 Å². The van der Waals surface area contributed by atoms with Crippen molar-refractivity contribution < 1.29 is 4.79 Å². The fourth-order valence-corrected chi connectivity index (χ4v) is 2.37. The number of likely N-dealkylation sites (N-methyl/N-ethyl adjacent to an activating group) is 1. The predicted octanol–water partition coefficient (Wildman–Crippen LogP) is 3.67. The quantitative estimate of drug-likeness (QED) is 0.731. The molecule has 4 heteroatoms. The first-order valence-corrected chi connectivity index (χ1v) is 8.11. The molecular weight excluding hydrogens is 284 g/mol. The third-order valence-electron chi connectivity index (χ3n) is 3.67. The molecule has 0 atom stereocenters. The van der Waals surface area contributed by atoms with Gasteiger partial charge in [0, 0.05) is 30.6 Å². The van der Waals surface area contributed by atoms with E-state index in [4.69, 9.17) is 11.6 Å². The van der Waals surface area contributed by atoms with Crippen LogP contribution in [0.1, 0.15) is 33.3 Å². The van der Waals surface area contributed by atoms with E-state index in [1.165, 1.54) is 0 Å². The molecule has 0 aliphatic carbocycles. The molecule has 0 bridgehead atoms. The minimum absolute atomic E-state index is 0.0222. The van der Waals surface area contributed by atoms with Crippen molar-refractivity contribution in [3.05, 3.63) is 34.9 Å². The van der Waals surface area contributed by atoms with Gasteiger partial charge in [0.25, 0.3) is 0 Å². The first-order valence-electron chi connectivity index (χ1n) is 7.73. The number of nitrogens with zero attached hydrogens (tertiary/aromatic N) is 2. The minimum Gasteiger partial charge on any atom is -0.337 e. The van der Waals surface area contributed by atoms with Crippen molar-refractivity contribution in [2.24, 2.45) is 5.92 Å². The lowest BCUT2D eigenvalue weighted by molar-refractivity contribution is -0.135. The van der Waals surface area contributed by atoms with E-state index in [1.54, 1.807) is 0 Å². The van der Waals surface area contributed by atoms with E-state index in [-0.39, 0.29) is 11.8 Å². The Morgan fingerprint density at radius 1 is 1.10 bits per heavy atom. The van der Waals surface area contributed by atoms with Gasteiger partial charge in [-0.3, -0.25) is 4.79 Å². The van der Waals surface area contributed by atoms with Crippen LogP contribution in [0.3, 0.4) is 0 Å². The Labute approximate surface area is 133 Å². The van der Waals surface area contributed by atoms with Crippen LogP contribution in [0.15, 0.2) is 24.3 Å². The zero-order chi connectivity index (χ0) is 15.8. The summed E-state index contributed by atoms with van der Waals surface area (Å²) in [6, 6.07) is 7.72. The number of hydrogen-bond acceptors (Lipinski definition) is 2. The van der Waals surface area contributed by atoms with Crippen LogP contribution in [0.4, 0.5) is 0 Å². The Morgan fingerprint density at radius 3 is 2.14 bits per heavy atom. The molecule has 0 heterocycles. The second kappa shape index (κ2) is 9.06. The summed E-state index contributed by atoms with van der Waals surface area (Å²) < 4.78 is 0. The molecule has 3 nitrogen and oxygen atoms in total. The van der Waals surface area contributed by atoms with Gasteiger partial charge in [0.1, 0.15) is 0 Å². The van der Waals surface area contributed by atoms with Crippen molar-refractivity contribution in [1.29, 1.82) is 0 Å². The number of halogens is 1. The van der Waals surface area contributed by atoms with Gasteiger partial charge in [-0.1, -0.05) is 51.4 Å². The van der Waals surface area contributed by atoms with E-state index in [0.717, 1.165) is 36.8 Å². The number of benzene rings is 1. The highest BCUT2D eigenvalue weighted by Gasteiger charge is 2.17. The van der Waals surface area contributed by atoms with Crippen LogP contribution in [0, 0.1) is 5.92 Å². The fraction of sp³-hybridized carbons (Fsp3) is 0.588. The van der Waals surface area contributed by atoms with Gasteiger partial charge < -0.3 is 9.80 Å². The molecule has 0 saturated heterocycles. The highest BCUT2D eigenvalue weighted by molar-refractivity contribution is 6.30. The lowest BCUT2D eigenvalue weighted by Crippen LogP contribution is -2.40. The molecule has 1 aromatic rings. The summed E-state index contributed by atoms with van der Waals surface area (Å²) in [6.07, 6.45) is 0. The van der Waals surface area contributed by atoms with E-state index in [2.05, 4.69) is 18.7 Å². The van der Waals surface area contributed by atoms with Gasteiger partial charge in [0.15, 0.2) is 0 Å². The number of rotatable bonds is 8. The molecule has 0 aromatic heterocycles. The Balaban J connectivity index is 2.72. The summed E-state index contributed by atoms with van der Waals surface area (Å²) in [5, 5.41) is 0.726. The summed E-state index contributed by atoms with van der Waals surface area (Å²) in [4.78, 5) is 16.7. The molecule has 1 amide bonds. The molecule has 21 heavy (non-hydrogen) atoms. The van der Waals surface area contributed by atoms with Crippen molar-refractivity contribution in [2.75, 3.05) is 26.2 Å². The molecule has 0 saturated carbocycles. The second-order valence-electron chi connectivity index (χ2n) is 5.57. The summed E-state index contributed by atoms with van der Waals surface area (Å²) >= 11 is 5.91. The Hall–Kier alpha value is -1.06. The molecule has 118 valence electrons. The van der Waals surface area contributed by atoms with Crippen LogP contribution in [-0.2, 0) is 11.3 Å². The first kappa shape index (κ1) is 18.0. The van der Waals surface area contributed by atoms with E-state index in [1.807, 2.05) is 43.0 Å². The summed E-state index contributed by atoms with van der Waals surface area (Å²) in [7, 11) is 0. The molecule has 0 aliphatic rings. The largest absolute Gasteiger partial charge is 0.337 e. The molecule has 1 aromatic carbocycles. The van der Waals surface area contributed by atoms with E-state index < -0.39 is 0 Å². The van der Waals surface area contributed by atoms with Gasteiger partial charge in [-0.05, 0) is 30.8 Å². The second-order valence-corrected chi connectivity index (χ2v) is 6.00. The van der Waals surface area contributed by atoms with Gasteiger partial charge in [-0.2, -0.15) is 0 Å². The maximum atomic E-state index is 12.4. The number of hydrogen-bond donors (Lipinski definition) is 0. The van der Waals surface area contributed by atoms with E-state index in [0.29, 0.717) is 6.54 Å². The topological polar surface area (TPSA) is 23.6 Å². The van der Waals surface area contributed by atoms with Crippen molar-refractivity contribution in [3.63, 3.8) is 0 Å². The number of carbonyl (C=O) groups is 1. The standard InChI is InChI=1S/C17H27ClN2O/c1-5-19(6-2)11-12-20(17(21)14(3)4)13-15-7-9-16(18)10-8-15/h7-10,14H,5-6,11-13H2,1-4H3. The van der Waals surface area contributed by atoms with Crippen LogP contribution in [0.5, 0.6) is 0 Å². The third kappa shape index (κ3) is 6.06. The SMILES string of the molecule is CCN(CC)CCN(Cc1ccc(Cl)cc1)C(=O)C(C)C. The zero-order valence-electron chi connectivity index (χ0n) is 13.6. The lowest BCUT2D eigenvalue weighted by Gasteiger charge is -2.28. The summed E-state index contributed by atoms with van der Waals surface area (Å²) in [5.74, 6) is 0.228. The van der Waals surface area contributed by atoms with Crippen LogP contribution in [0.25, 0.3) is 0 Å². The monoisotopic (exact) mass is 310 g/mol. The molecule has 0 N–H and O–H groups in total. The van der Waals surface area contributed by atoms with Gasteiger partial charge in [-0.15, -0.1) is 0 Å². The van der Waals surface area contributed by atoms with E-state index in [9.17, 15) is 4.79 Å². The number of amides is 1. The molecule has 0 fully saturated rings. The molecule has 0 aliphatic heterocycles. The average Bonchev–Trinajstić information content (AvgIpc) is 2.48. The first-order chi connectivity index (χ1) is 9.97. The third-order valence-corrected chi connectivity index (χ3v) is 3.92. The predicted molar refractivity (Wildman–Crippen MR) is 89.5 cm³/mol. The van der Waals surface area contributed by atoms with Crippen molar-refractivity contribution in [3.8, 4) is 0 Å². The highest BCUT2D eigenvalue weighted by atomic mass is 35.5. The van der Waals surface area contributed by atoms with Crippen LogP contribution in [0.2, 0.25) is 5.02 Å². The van der Waals surface area contributed by atoms with Crippen LogP contribution in [-0.4, -0.2) is 41.9 Å². The van der Waals surface area contributed by atoms with Crippen molar-refractivity contribution >= 4 is 17.5 Å². The van der Waals surface area contributed by atoms with Gasteiger partial charge >= 0.3 is 0 Å². The molecule has 0 radical (unpaired) electrons. The Kier molecular flexibility index (Phi) is 7.76. The normalized spacial score (nSPS) is 11.2. The van der Waals surface area contributed by atoms with E-state index >= 15 is 0 Å². The van der Waals surface area contributed by atoms with Gasteiger partial charge in [-0.25, -0.2) is 0 Å². The Morgan fingerprint density at radius 2 is 1.67 bits per heavy atom. The maximum absolute atomic E-state index is 12.4. The number of carbonyl (C=O) groups excluding carboxylic acids is 1. The lowest BCUT2D eigenvalue weighted by atomic mass is 10.1. The maximum Gasteiger partial charge on any atom is 0.225 e.